The third-order valence-corrected chi connectivity index (χ3v) is 6.13. The average Bonchev–Trinajstić information content (AvgIpc) is 3.13. The Bertz CT molecular complexity index is 878. The number of rotatable bonds is 3. The third-order valence-electron chi connectivity index (χ3n) is 6.13. The Morgan fingerprint density at radius 1 is 1.15 bits per heavy atom. The number of hydrogen-bond donors (Lipinski definition) is 0. The maximum absolute atomic E-state index is 12.9. The summed E-state index contributed by atoms with van der Waals surface area (Å²) in [5.41, 5.74) is 4.90. The maximum atomic E-state index is 12.9. The number of ether oxygens (including phenoxy) is 1. The van der Waals surface area contributed by atoms with E-state index in [1.807, 2.05) is 24.1 Å². The molecule has 2 aliphatic heterocycles. The second-order valence-electron chi connectivity index (χ2n) is 7.81. The lowest BCUT2D eigenvalue weighted by molar-refractivity contribution is -0.146. The molecule has 0 spiro atoms. The molecule has 1 amide bonds. The Kier molecular flexibility index (Phi) is 4.08. The van der Waals surface area contributed by atoms with Crippen molar-refractivity contribution in [3.63, 3.8) is 0 Å². The first-order valence-electron chi connectivity index (χ1n) is 9.74. The minimum Gasteiger partial charge on any atom is -0.363 e. The normalized spacial score (nSPS) is 21.4. The number of anilines is 1. The van der Waals surface area contributed by atoms with Crippen molar-refractivity contribution in [3.05, 3.63) is 52.7 Å². The van der Waals surface area contributed by atoms with Gasteiger partial charge in [-0.1, -0.05) is 24.3 Å². The quantitative estimate of drug-likeness (QED) is 0.831. The molecule has 0 bridgehead atoms. The Morgan fingerprint density at radius 2 is 1.96 bits per heavy atom. The summed E-state index contributed by atoms with van der Waals surface area (Å²) in [6, 6.07) is 10.6. The van der Waals surface area contributed by atoms with E-state index in [-0.39, 0.29) is 18.1 Å². The number of fused-ring (bicyclic) bond motifs is 2. The number of amides is 1. The zero-order chi connectivity index (χ0) is 18.4. The summed E-state index contributed by atoms with van der Waals surface area (Å²) in [5, 5.41) is 8.74. The van der Waals surface area contributed by atoms with Crippen LogP contribution in [0.15, 0.2) is 30.3 Å². The highest BCUT2D eigenvalue weighted by Gasteiger charge is 2.37. The molecule has 1 aromatic carbocycles. The van der Waals surface area contributed by atoms with E-state index in [9.17, 15) is 4.79 Å². The van der Waals surface area contributed by atoms with Crippen molar-refractivity contribution in [1.29, 1.82) is 0 Å². The molecule has 0 radical (unpaired) electrons. The minimum absolute atomic E-state index is 0.0780. The molecule has 1 saturated heterocycles. The van der Waals surface area contributed by atoms with Crippen LogP contribution in [0.1, 0.15) is 28.8 Å². The van der Waals surface area contributed by atoms with Crippen molar-refractivity contribution in [3.8, 4) is 0 Å². The highest BCUT2D eigenvalue weighted by Crippen LogP contribution is 2.27. The summed E-state index contributed by atoms with van der Waals surface area (Å²) in [7, 11) is 1.89. The van der Waals surface area contributed by atoms with E-state index in [0.717, 1.165) is 37.4 Å². The fraction of sp³-hybridized carbons (Fsp3) is 0.476. The standard InChI is InChI=1S/C21H24N4O2/c1-24(21(26)19-9-14-5-2-3-6-16(14)13-27-19)17-11-25(12-17)20-10-15-7-4-8-18(15)22-23-20/h2-3,5-6,10,17,19H,4,7-9,11-13H2,1H3. The summed E-state index contributed by atoms with van der Waals surface area (Å²) in [5.74, 6) is 1.02. The van der Waals surface area contributed by atoms with Crippen LogP contribution in [-0.2, 0) is 35.4 Å². The molecule has 5 rings (SSSR count). The van der Waals surface area contributed by atoms with E-state index >= 15 is 0 Å². The molecule has 1 aromatic heterocycles. The van der Waals surface area contributed by atoms with Gasteiger partial charge in [0.25, 0.3) is 5.91 Å². The maximum Gasteiger partial charge on any atom is 0.252 e. The first-order chi connectivity index (χ1) is 13.2. The van der Waals surface area contributed by atoms with E-state index in [4.69, 9.17) is 4.74 Å². The molecule has 140 valence electrons. The van der Waals surface area contributed by atoms with Gasteiger partial charge in [-0.3, -0.25) is 4.79 Å². The number of carbonyl (C=O) groups is 1. The molecule has 0 saturated carbocycles. The van der Waals surface area contributed by atoms with Crippen molar-refractivity contribution in [2.75, 3.05) is 25.0 Å². The Morgan fingerprint density at radius 3 is 2.81 bits per heavy atom. The molecule has 3 aliphatic rings. The van der Waals surface area contributed by atoms with Gasteiger partial charge in [0.2, 0.25) is 0 Å². The summed E-state index contributed by atoms with van der Waals surface area (Å²) < 4.78 is 5.84. The van der Waals surface area contributed by atoms with Crippen molar-refractivity contribution in [2.24, 2.45) is 0 Å². The van der Waals surface area contributed by atoms with Gasteiger partial charge in [-0.05, 0) is 42.0 Å². The van der Waals surface area contributed by atoms with Crippen LogP contribution < -0.4 is 4.90 Å². The van der Waals surface area contributed by atoms with Crippen LogP contribution in [0.5, 0.6) is 0 Å². The Hall–Kier alpha value is -2.47. The number of hydrogen-bond acceptors (Lipinski definition) is 5. The molecule has 6 nitrogen and oxygen atoms in total. The molecule has 27 heavy (non-hydrogen) atoms. The number of carbonyl (C=O) groups excluding carboxylic acids is 1. The molecule has 6 heteroatoms. The number of likely N-dealkylation sites (N-methyl/N-ethyl adjacent to an activating group) is 1. The van der Waals surface area contributed by atoms with E-state index in [2.05, 4.69) is 33.3 Å². The van der Waals surface area contributed by atoms with E-state index in [1.165, 1.54) is 23.1 Å². The summed E-state index contributed by atoms with van der Waals surface area (Å²) in [6.45, 7) is 2.12. The molecule has 2 aromatic rings. The lowest BCUT2D eigenvalue weighted by Crippen LogP contribution is -2.61. The second-order valence-corrected chi connectivity index (χ2v) is 7.81. The monoisotopic (exact) mass is 364 g/mol. The smallest absolute Gasteiger partial charge is 0.252 e. The topological polar surface area (TPSA) is 58.6 Å². The molecule has 3 heterocycles. The largest absolute Gasteiger partial charge is 0.363 e. The van der Waals surface area contributed by atoms with Crippen molar-refractivity contribution >= 4 is 11.7 Å². The van der Waals surface area contributed by atoms with Crippen LogP contribution in [0.3, 0.4) is 0 Å². The van der Waals surface area contributed by atoms with Crippen LogP contribution in [0.2, 0.25) is 0 Å². The van der Waals surface area contributed by atoms with Crippen molar-refractivity contribution in [2.45, 2.75) is 44.4 Å². The number of aryl methyl sites for hydroxylation is 2. The second kappa shape index (κ2) is 6.60. The summed E-state index contributed by atoms with van der Waals surface area (Å²) >= 11 is 0. The molecule has 1 fully saturated rings. The number of aromatic nitrogens is 2. The average molecular weight is 364 g/mol. The fourth-order valence-corrected chi connectivity index (χ4v) is 4.27. The fourth-order valence-electron chi connectivity index (χ4n) is 4.27. The SMILES string of the molecule is CN(C(=O)C1Cc2ccccc2CO1)C1CN(c2cc3c(nn2)CCC3)C1. The van der Waals surface area contributed by atoms with Gasteiger partial charge in [0, 0.05) is 26.6 Å². The molecule has 1 unspecified atom stereocenters. The molecular weight excluding hydrogens is 340 g/mol. The van der Waals surface area contributed by atoms with Crippen molar-refractivity contribution < 1.29 is 9.53 Å². The van der Waals surface area contributed by atoms with Crippen LogP contribution >= 0.6 is 0 Å². The van der Waals surface area contributed by atoms with Gasteiger partial charge in [-0.25, -0.2) is 0 Å². The zero-order valence-corrected chi connectivity index (χ0v) is 15.6. The number of nitrogens with zero attached hydrogens (tertiary/aromatic N) is 4. The lowest BCUT2D eigenvalue weighted by atomic mass is 9.98. The van der Waals surface area contributed by atoms with Crippen LogP contribution in [0, 0.1) is 0 Å². The van der Waals surface area contributed by atoms with Gasteiger partial charge in [0.05, 0.1) is 18.3 Å². The summed E-state index contributed by atoms with van der Waals surface area (Å²) in [6.07, 6.45) is 3.61. The molecular formula is C21H24N4O2. The van der Waals surface area contributed by atoms with Gasteiger partial charge < -0.3 is 14.5 Å². The van der Waals surface area contributed by atoms with Crippen LogP contribution in [-0.4, -0.2) is 53.3 Å². The van der Waals surface area contributed by atoms with Gasteiger partial charge in [-0.2, -0.15) is 5.10 Å². The van der Waals surface area contributed by atoms with E-state index in [1.54, 1.807) is 0 Å². The third kappa shape index (κ3) is 2.98. The predicted molar refractivity (Wildman–Crippen MR) is 102 cm³/mol. The zero-order valence-electron chi connectivity index (χ0n) is 15.6. The van der Waals surface area contributed by atoms with Crippen molar-refractivity contribution in [1.82, 2.24) is 15.1 Å². The first-order valence-corrected chi connectivity index (χ1v) is 9.74. The summed E-state index contributed by atoms with van der Waals surface area (Å²) in [4.78, 5) is 17.0. The van der Waals surface area contributed by atoms with E-state index in [0.29, 0.717) is 13.0 Å². The van der Waals surface area contributed by atoms with Gasteiger partial charge in [0.15, 0.2) is 5.82 Å². The molecule has 1 aliphatic carbocycles. The Labute approximate surface area is 159 Å². The van der Waals surface area contributed by atoms with Gasteiger partial charge in [-0.15, -0.1) is 5.10 Å². The number of benzene rings is 1. The minimum atomic E-state index is -0.376. The van der Waals surface area contributed by atoms with Crippen LogP contribution in [0.4, 0.5) is 5.82 Å². The van der Waals surface area contributed by atoms with Gasteiger partial charge in [0.1, 0.15) is 6.10 Å². The van der Waals surface area contributed by atoms with Gasteiger partial charge >= 0.3 is 0 Å². The van der Waals surface area contributed by atoms with Crippen LogP contribution in [0.25, 0.3) is 0 Å². The van der Waals surface area contributed by atoms with E-state index < -0.39 is 0 Å². The molecule has 0 N–H and O–H groups in total. The highest BCUT2D eigenvalue weighted by atomic mass is 16.5. The first kappa shape index (κ1) is 16.7. The highest BCUT2D eigenvalue weighted by molar-refractivity contribution is 5.82. The molecule has 1 atom stereocenters. The Balaban J connectivity index is 1.20. The predicted octanol–water partition coefficient (Wildman–Crippen LogP) is 1.75. The lowest BCUT2D eigenvalue weighted by Gasteiger charge is -2.45.